The molecule has 1 atom stereocenters. The summed E-state index contributed by atoms with van der Waals surface area (Å²) >= 11 is 1.68. The molecule has 0 aliphatic carbocycles. The van der Waals surface area contributed by atoms with Crippen molar-refractivity contribution in [3.8, 4) is 0 Å². The number of carbonyl (C=O) groups excluding carboxylic acids is 1. The summed E-state index contributed by atoms with van der Waals surface area (Å²) in [6.07, 6.45) is 0. The van der Waals surface area contributed by atoms with Crippen LogP contribution in [0.5, 0.6) is 0 Å². The third-order valence-electron chi connectivity index (χ3n) is 3.11. The maximum atomic E-state index is 11.8. The third-order valence-corrected chi connectivity index (χ3v) is 4.06. The lowest BCUT2D eigenvalue weighted by Crippen LogP contribution is -2.14. The van der Waals surface area contributed by atoms with Gasteiger partial charge in [-0.05, 0) is 41.4 Å². The van der Waals surface area contributed by atoms with Gasteiger partial charge in [-0.3, -0.25) is 0 Å². The summed E-state index contributed by atoms with van der Waals surface area (Å²) in [5, 5.41) is -0.105. The lowest BCUT2D eigenvalue weighted by molar-refractivity contribution is 0.0600. The summed E-state index contributed by atoms with van der Waals surface area (Å²) in [6.45, 7) is 8.29. The molecule has 0 fully saturated rings. The molecule has 0 radical (unpaired) electrons. The smallest absolute Gasteiger partial charge is 0.338 e. The van der Waals surface area contributed by atoms with E-state index in [0.717, 1.165) is 16.9 Å². The molecule has 0 spiro atoms. The van der Waals surface area contributed by atoms with Crippen molar-refractivity contribution in [2.24, 2.45) is 5.73 Å². The predicted octanol–water partition coefficient (Wildman–Crippen LogP) is 3.62. The number of hydrogen-bond donors (Lipinski definition) is 1. The van der Waals surface area contributed by atoms with Crippen LogP contribution in [0.1, 0.15) is 59.1 Å². The summed E-state index contributed by atoms with van der Waals surface area (Å²) in [7, 11) is 1.40. The maximum Gasteiger partial charge on any atom is 0.338 e. The van der Waals surface area contributed by atoms with Crippen molar-refractivity contribution in [2.45, 2.75) is 39.0 Å². The van der Waals surface area contributed by atoms with Gasteiger partial charge in [0.15, 0.2) is 0 Å². The second-order valence-electron chi connectivity index (χ2n) is 4.82. The number of ether oxygens (including phenoxy) is 1. The minimum Gasteiger partial charge on any atom is -0.465 e. The van der Waals surface area contributed by atoms with Crippen LogP contribution in [0.2, 0.25) is 0 Å². The number of hydrogen-bond acceptors (Lipinski definition) is 4. The average Bonchev–Trinajstić information content (AvgIpc) is 2.37. The molecule has 2 N–H and O–H groups in total. The number of thioether (sulfide) groups is 1. The minimum absolute atomic E-state index is 0.105. The summed E-state index contributed by atoms with van der Waals surface area (Å²) in [5.41, 5.74) is 10.0. The Kier molecular flexibility index (Phi) is 5.88. The third kappa shape index (κ3) is 3.74. The highest BCUT2D eigenvalue weighted by atomic mass is 32.2. The van der Waals surface area contributed by atoms with Crippen LogP contribution in [0.15, 0.2) is 12.1 Å². The first-order chi connectivity index (χ1) is 8.92. The Morgan fingerprint density at radius 1 is 1.37 bits per heavy atom. The first-order valence-electron chi connectivity index (χ1n) is 6.52. The van der Waals surface area contributed by atoms with Gasteiger partial charge in [-0.1, -0.05) is 26.8 Å². The van der Waals surface area contributed by atoms with Crippen LogP contribution >= 0.6 is 11.8 Å². The van der Waals surface area contributed by atoms with Crippen molar-refractivity contribution in [3.63, 3.8) is 0 Å². The van der Waals surface area contributed by atoms with Gasteiger partial charge in [0.25, 0.3) is 0 Å². The number of aryl methyl sites for hydroxylation is 1. The van der Waals surface area contributed by atoms with E-state index in [2.05, 4.69) is 26.8 Å². The number of rotatable bonds is 5. The van der Waals surface area contributed by atoms with Gasteiger partial charge in [0.05, 0.1) is 18.0 Å². The number of methoxy groups -OCH3 is 1. The quantitative estimate of drug-likeness (QED) is 0.661. The lowest BCUT2D eigenvalue weighted by atomic mass is 9.92. The Bertz CT molecular complexity index is 458. The Labute approximate surface area is 119 Å². The maximum absolute atomic E-state index is 11.8. The van der Waals surface area contributed by atoms with E-state index in [1.54, 1.807) is 11.8 Å². The molecule has 1 unspecified atom stereocenters. The van der Waals surface area contributed by atoms with Crippen LogP contribution in [0.25, 0.3) is 0 Å². The molecule has 0 aliphatic heterocycles. The highest BCUT2D eigenvalue weighted by Gasteiger charge is 2.19. The Morgan fingerprint density at radius 2 is 2.00 bits per heavy atom. The molecule has 106 valence electrons. The van der Waals surface area contributed by atoms with E-state index in [1.807, 2.05) is 13.0 Å². The minimum atomic E-state index is -0.303. The molecule has 3 nitrogen and oxygen atoms in total. The monoisotopic (exact) mass is 281 g/mol. The van der Waals surface area contributed by atoms with Gasteiger partial charge in [-0.25, -0.2) is 4.79 Å². The zero-order chi connectivity index (χ0) is 14.6. The molecule has 0 saturated heterocycles. The fraction of sp³-hybridized carbons (Fsp3) is 0.533. The zero-order valence-electron chi connectivity index (χ0n) is 12.3. The van der Waals surface area contributed by atoms with Crippen LogP contribution in [-0.2, 0) is 4.74 Å². The first-order valence-corrected chi connectivity index (χ1v) is 7.57. The van der Waals surface area contributed by atoms with Gasteiger partial charge < -0.3 is 10.5 Å². The van der Waals surface area contributed by atoms with Crippen LogP contribution in [0.4, 0.5) is 0 Å². The molecule has 0 saturated carbocycles. The summed E-state index contributed by atoms with van der Waals surface area (Å²) < 4.78 is 4.83. The van der Waals surface area contributed by atoms with Gasteiger partial charge in [-0.15, -0.1) is 11.8 Å². The van der Waals surface area contributed by atoms with Gasteiger partial charge in [0.2, 0.25) is 0 Å². The van der Waals surface area contributed by atoms with E-state index in [-0.39, 0.29) is 11.3 Å². The van der Waals surface area contributed by atoms with E-state index in [1.165, 1.54) is 12.7 Å². The Morgan fingerprint density at radius 3 is 2.47 bits per heavy atom. The van der Waals surface area contributed by atoms with Crippen molar-refractivity contribution in [3.05, 3.63) is 34.4 Å². The number of nitrogens with two attached hydrogens (primary N) is 1. The topological polar surface area (TPSA) is 52.3 Å². The molecule has 1 aromatic rings. The standard InChI is InChI=1S/C15H23NO2S/c1-6-19-14(16)13-8-12(15(17)18-5)10(4)7-11(13)9(2)3/h7-9,14H,6,16H2,1-5H3. The summed E-state index contributed by atoms with van der Waals surface area (Å²) in [4.78, 5) is 11.8. The molecule has 4 heteroatoms. The molecule has 19 heavy (non-hydrogen) atoms. The highest BCUT2D eigenvalue weighted by molar-refractivity contribution is 7.99. The molecule has 0 aliphatic rings. The van der Waals surface area contributed by atoms with Crippen molar-refractivity contribution >= 4 is 17.7 Å². The van der Waals surface area contributed by atoms with Gasteiger partial charge in [-0.2, -0.15) is 0 Å². The van der Waals surface area contributed by atoms with Crippen LogP contribution in [0.3, 0.4) is 0 Å². The van der Waals surface area contributed by atoms with Crippen molar-refractivity contribution < 1.29 is 9.53 Å². The molecule has 0 aromatic heterocycles. The number of carbonyl (C=O) groups is 1. The van der Waals surface area contributed by atoms with Gasteiger partial charge >= 0.3 is 5.97 Å². The Hall–Kier alpha value is -1.00. The van der Waals surface area contributed by atoms with Crippen molar-refractivity contribution in [2.75, 3.05) is 12.9 Å². The Balaban J connectivity index is 3.35. The van der Waals surface area contributed by atoms with Crippen LogP contribution in [0, 0.1) is 6.92 Å². The molecular weight excluding hydrogens is 258 g/mol. The summed E-state index contributed by atoms with van der Waals surface area (Å²) in [6, 6.07) is 3.95. The number of benzene rings is 1. The van der Waals surface area contributed by atoms with Crippen LogP contribution < -0.4 is 5.73 Å². The van der Waals surface area contributed by atoms with E-state index >= 15 is 0 Å². The van der Waals surface area contributed by atoms with Crippen LogP contribution in [-0.4, -0.2) is 18.8 Å². The van der Waals surface area contributed by atoms with Crippen molar-refractivity contribution in [1.29, 1.82) is 0 Å². The van der Waals surface area contributed by atoms with E-state index in [4.69, 9.17) is 10.5 Å². The summed E-state index contributed by atoms with van der Waals surface area (Å²) in [5.74, 6) is 1.02. The zero-order valence-corrected chi connectivity index (χ0v) is 13.1. The second-order valence-corrected chi connectivity index (χ2v) is 6.24. The average molecular weight is 281 g/mol. The second kappa shape index (κ2) is 6.96. The van der Waals surface area contributed by atoms with E-state index < -0.39 is 0 Å². The largest absolute Gasteiger partial charge is 0.465 e. The fourth-order valence-corrected chi connectivity index (χ4v) is 2.84. The normalized spacial score (nSPS) is 12.6. The first kappa shape index (κ1) is 16.1. The molecule has 0 bridgehead atoms. The molecule has 1 rings (SSSR count). The number of esters is 1. The molecule has 0 heterocycles. The van der Waals surface area contributed by atoms with Gasteiger partial charge in [0, 0.05) is 0 Å². The van der Waals surface area contributed by atoms with Crippen molar-refractivity contribution in [1.82, 2.24) is 0 Å². The molecular formula is C15H23NO2S. The fourth-order valence-electron chi connectivity index (χ4n) is 2.09. The SMILES string of the molecule is CCSC(N)c1cc(C(=O)OC)c(C)cc1C(C)C. The van der Waals surface area contributed by atoms with Gasteiger partial charge in [0.1, 0.15) is 0 Å². The lowest BCUT2D eigenvalue weighted by Gasteiger charge is -2.20. The molecule has 0 amide bonds. The van der Waals surface area contributed by atoms with E-state index in [0.29, 0.717) is 11.5 Å². The van der Waals surface area contributed by atoms with E-state index in [9.17, 15) is 4.79 Å². The molecule has 1 aromatic carbocycles. The highest BCUT2D eigenvalue weighted by Crippen LogP contribution is 2.32. The predicted molar refractivity (Wildman–Crippen MR) is 81.7 cm³/mol.